The van der Waals surface area contributed by atoms with Crippen molar-refractivity contribution in [1.29, 1.82) is 0 Å². The van der Waals surface area contributed by atoms with E-state index in [2.05, 4.69) is 15.1 Å². The van der Waals surface area contributed by atoms with Gasteiger partial charge in [-0.2, -0.15) is 9.78 Å². The number of para-hydroxylation sites is 2. The Morgan fingerprint density at radius 2 is 1.57 bits per heavy atom. The maximum atomic E-state index is 13.7. The predicted octanol–water partition coefficient (Wildman–Crippen LogP) is 3.90. The van der Waals surface area contributed by atoms with Crippen molar-refractivity contribution in [2.24, 2.45) is 5.10 Å². The molecule has 0 fully saturated rings. The van der Waals surface area contributed by atoms with Crippen LogP contribution in [-0.4, -0.2) is 43.5 Å². The topological polar surface area (TPSA) is 122 Å². The Kier molecular flexibility index (Phi) is 5.58. The van der Waals surface area contributed by atoms with E-state index >= 15 is 0 Å². The zero-order chi connectivity index (χ0) is 24.6. The van der Waals surface area contributed by atoms with Crippen LogP contribution in [-0.2, 0) is 9.84 Å². The van der Waals surface area contributed by atoms with Crippen molar-refractivity contribution in [2.45, 2.75) is 9.79 Å². The maximum Gasteiger partial charge on any atom is 0.212 e. The molecule has 35 heavy (non-hydrogen) atoms. The molecular weight excluding hydrogens is 466 g/mol. The minimum Gasteiger partial charge on any atom is -0.497 e. The molecule has 9 nitrogen and oxygen atoms in total. The zero-order valence-electron chi connectivity index (χ0n) is 18.9. The third-order valence-electron chi connectivity index (χ3n) is 5.48. The fourth-order valence-corrected chi connectivity index (χ4v) is 5.21. The van der Waals surface area contributed by atoms with E-state index in [0.29, 0.717) is 22.5 Å². The molecule has 0 spiro atoms. The van der Waals surface area contributed by atoms with Crippen LogP contribution in [0.15, 0.2) is 87.7 Å². The molecular formula is C25H21N5O4S. The third kappa shape index (κ3) is 3.93. The first-order chi connectivity index (χ1) is 16.9. The zero-order valence-corrected chi connectivity index (χ0v) is 19.7. The number of sulfone groups is 1. The highest BCUT2D eigenvalue weighted by atomic mass is 32.2. The Labute approximate surface area is 201 Å². The summed E-state index contributed by atoms with van der Waals surface area (Å²) in [6.45, 7) is 0. The molecule has 0 aliphatic heterocycles. The highest BCUT2D eigenvalue weighted by Gasteiger charge is 2.30. The van der Waals surface area contributed by atoms with Crippen molar-refractivity contribution in [3.63, 3.8) is 0 Å². The molecule has 10 heteroatoms. The monoisotopic (exact) mass is 487 g/mol. The van der Waals surface area contributed by atoms with Gasteiger partial charge in [0.1, 0.15) is 27.7 Å². The van der Waals surface area contributed by atoms with Gasteiger partial charge < -0.3 is 15.2 Å². The third-order valence-corrected chi connectivity index (χ3v) is 7.32. The fraction of sp³-hybridized carbons (Fsp3) is 0.0800. The highest BCUT2D eigenvalue weighted by Crippen LogP contribution is 2.35. The summed E-state index contributed by atoms with van der Waals surface area (Å²) in [6, 6.07) is 20.5. The second-order valence-corrected chi connectivity index (χ2v) is 9.50. The number of aromatic nitrogens is 3. The van der Waals surface area contributed by atoms with Gasteiger partial charge in [-0.3, -0.25) is 0 Å². The quantitative estimate of drug-likeness (QED) is 0.361. The van der Waals surface area contributed by atoms with Crippen molar-refractivity contribution >= 4 is 44.1 Å². The van der Waals surface area contributed by atoms with E-state index in [4.69, 9.17) is 15.2 Å². The molecule has 5 aromatic rings. The number of fused-ring (bicyclic) bond motifs is 2. The van der Waals surface area contributed by atoms with Crippen LogP contribution in [0.3, 0.4) is 0 Å². The van der Waals surface area contributed by atoms with Gasteiger partial charge in [-0.1, -0.05) is 24.3 Å². The summed E-state index contributed by atoms with van der Waals surface area (Å²) >= 11 is 0. The highest BCUT2D eigenvalue weighted by molar-refractivity contribution is 7.92. The van der Waals surface area contributed by atoms with Crippen molar-refractivity contribution in [3.05, 3.63) is 78.4 Å². The summed E-state index contributed by atoms with van der Waals surface area (Å²) in [6.07, 6.45) is 1.55. The molecule has 2 aromatic heterocycles. The molecule has 0 unspecified atom stereocenters. The number of benzene rings is 3. The van der Waals surface area contributed by atoms with Crippen LogP contribution >= 0.6 is 0 Å². The summed E-state index contributed by atoms with van der Waals surface area (Å²) in [4.78, 5) is 9.14. The van der Waals surface area contributed by atoms with Gasteiger partial charge in [0.05, 0.1) is 36.4 Å². The molecule has 5 rings (SSSR count). The predicted molar refractivity (Wildman–Crippen MR) is 134 cm³/mol. The Morgan fingerprint density at radius 1 is 0.886 bits per heavy atom. The number of nitrogens with two attached hydrogens (primary N) is 1. The summed E-state index contributed by atoms with van der Waals surface area (Å²) in [7, 11) is -0.976. The number of anilines is 1. The van der Waals surface area contributed by atoms with Gasteiger partial charge in [-0.15, -0.1) is 0 Å². The second kappa shape index (κ2) is 8.73. The van der Waals surface area contributed by atoms with Crippen LogP contribution in [0.1, 0.15) is 5.56 Å². The molecule has 0 saturated heterocycles. The summed E-state index contributed by atoms with van der Waals surface area (Å²) in [5, 5.41) is 4.47. The number of methoxy groups -OCH3 is 2. The number of hydrogen-bond acceptors (Lipinski definition) is 8. The molecule has 3 aromatic carbocycles. The largest absolute Gasteiger partial charge is 0.497 e. The van der Waals surface area contributed by atoms with Crippen LogP contribution in [0.2, 0.25) is 0 Å². The van der Waals surface area contributed by atoms with E-state index in [9.17, 15) is 8.42 Å². The summed E-state index contributed by atoms with van der Waals surface area (Å²) in [5.41, 5.74) is 8.65. The summed E-state index contributed by atoms with van der Waals surface area (Å²) in [5.74, 6) is 1.10. The smallest absolute Gasteiger partial charge is 0.212 e. The van der Waals surface area contributed by atoms with Gasteiger partial charge in [-0.25, -0.2) is 18.4 Å². The molecule has 0 radical (unpaired) electrons. The van der Waals surface area contributed by atoms with Crippen LogP contribution in [0.25, 0.3) is 22.2 Å². The van der Waals surface area contributed by atoms with Gasteiger partial charge >= 0.3 is 0 Å². The lowest BCUT2D eigenvalue weighted by atomic mass is 10.2. The first kappa shape index (κ1) is 22.4. The average molecular weight is 488 g/mol. The van der Waals surface area contributed by atoms with Gasteiger partial charge in [0.2, 0.25) is 9.84 Å². The molecule has 0 saturated carbocycles. The molecule has 0 aliphatic rings. The number of nitrogen functional groups attached to an aromatic ring is 1. The van der Waals surface area contributed by atoms with E-state index in [1.165, 1.54) is 23.9 Å². The van der Waals surface area contributed by atoms with Gasteiger partial charge in [-0.05, 0) is 54.1 Å². The molecule has 0 atom stereocenters. The van der Waals surface area contributed by atoms with Crippen LogP contribution < -0.4 is 15.2 Å². The lowest BCUT2D eigenvalue weighted by Gasteiger charge is -2.06. The first-order valence-corrected chi connectivity index (χ1v) is 12.0. The minimum absolute atomic E-state index is 0.0517. The van der Waals surface area contributed by atoms with Crippen LogP contribution in [0.4, 0.5) is 5.82 Å². The van der Waals surface area contributed by atoms with Crippen LogP contribution in [0.5, 0.6) is 11.5 Å². The van der Waals surface area contributed by atoms with Crippen molar-refractivity contribution < 1.29 is 17.9 Å². The maximum absolute atomic E-state index is 13.7. The number of nitrogens with zero attached hydrogens (tertiary/aromatic N) is 4. The lowest BCUT2D eigenvalue weighted by molar-refractivity contribution is 0.414. The van der Waals surface area contributed by atoms with Crippen molar-refractivity contribution in [1.82, 2.24) is 14.6 Å². The Morgan fingerprint density at radius 3 is 2.26 bits per heavy atom. The normalized spacial score (nSPS) is 11.9. The standard InChI is InChI=1S/C25H21N5O4S/c1-33-17-10-12-19(13-11-17)35(31,32)23-22-25(29-21-9-4-3-8-20(21)28-22)30(24(23)26)27-15-16-6-5-7-18(14-16)34-2/h3-15H,26H2,1-2H3/b27-15+. The number of rotatable bonds is 6. The van der Waals surface area contributed by atoms with Crippen molar-refractivity contribution in [3.8, 4) is 11.5 Å². The van der Waals surface area contributed by atoms with Gasteiger partial charge in [0.25, 0.3) is 0 Å². The number of ether oxygens (including phenoxy) is 2. The second-order valence-electron chi connectivity index (χ2n) is 7.61. The van der Waals surface area contributed by atoms with E-state index in [-0.39, 0.29) is 26.8 Å². The van der Waals surface area contributed by atoms with E-state index < -0.39 is 9.84 Å². The average Bonchev–Trinajstić information content (AvgIpc) is 3.16. The number of hydrogen-bond donors (Lipinski definition) is 1. The Hall–Kier alpha value is -4.44. The van der Waals surface area contributed by atoms with E-state index in [0.717, 1.165) is 5.56 Å². The first-order valence-electron chi connectivity index (χ1n) is 10.6. The summed E-state index contributed by atoms with van der Waals surface area (Å²) < 4.78 is 39.1. The molecule has 2 heterocycles. The Bertz CT molecular complexity index is 1690. The molecule has 0 aliphatic carbocycles. The Balaban J connectivity index is 1.75. The lowest BCUT2D eigenvalue weighted by Crippen LogP contribution is -2.06. The molecule has 0 amide bonds. The minimum atomic E-state index is -4.06. The van der Waals surface area contributed by atoms with Gasteiger partial charge in [0, 0.05) is 0 Å². The van der Waals surface area contributed by atoms with Crippen molar-refractivity contribution in [2.75, 3.05) is 20.0 Å². The molecule has 2 N–H and O–H groups in total. The van der Waals surface area contributed by atoms with E-state index in [1.807, 2.05) is 30.3 Å². The van der Waals surface area contributed by atoms with E-state index in [1.54, 1.807) is 43.7 Å². The van der Waals surface area contributed by atoms with Gasteiger partial charge in [0.15, 0.2) is 5.65 Å². The fourth-order valence-electron chi connectivity index (χ4n) is 3.72. The molecule has 176 valence electrons. The molecule has 0 bridgehead atoms. The SMILES string of the molecule is COc1ccc(S(=O)(=O)c2c(N)n(/N=C/c3cccc(OC)c3)c3nc4ccccc4nc23)cc1. The van der Waals surface area contributed by atoms with Crippen LogP contribution in [0, 0.1) is 0 Å².